The Bertz CT molecular complexity index is 818. The second-order valence-electron chi connectivity index (χ2n) is 5.64. The van der Waals surface area contributed by atoms with E-state index in [2.05, 4.69) is 4.72 Å². The lowest BCUT2D eigenvalue weighted by Crippen LogP contribution is -2.32. The maximum Gasteiger partial charge on any atom is 0.320 e. The third-order valence-corrected chi connectivity index (χ3v) is 5.15. The number of aliphatic carboxylic acids is 1. The number of carboxylic acid groups (broad SMARTS) is 1. The highest BCUT2D eigenvalue weighted by Gasteiger charge is 2.14. The number of rotatable bonds is 8. The molecule has 0 saturated carbocycles. The van der Waals surface area contributed by atoms with Crippen LogP contribution in [0.2, 0.25) is 0 Å². The molecular weight excluding hydrogens is 342 g/mol. The van der Waals surface area contributed by atoms with Crippen LogP contribution < -0.4 is 16.2 Å². The Kier molecular flexibility index (Phi) is 6.27. The highest BCUT2D eigenvalue weighted by atomic mass is 32.2. The molecule has 0 aliphatic carbocycles. The minimum atomic E-state index is -3.61. The van der Waals surface area contributed by atoms with E-state index in [9.17, 15) is 13.2 Å². The van der Waals surface area contributed by atoms with Gasteiger partial charge in [-0.3, -0.25) is 4.79 Å². The van der Waals surface area contributed by atoms with E-state index in [-0.39, 0.29) is 17.9 Å². The highest BCUT2D eigenvalue weighted by molar-refractivity contribution is 7.89. The second-order valence-corrected chi connectivity index (χ2v) is 7.40. The standard InChI is InChI=1S/C17H21N3O4S/c18-10-13-5-7-15(8-6-13)25(23,24)20-11-14-3-1-12(2-4-14)9-16(19)17(21)22/h1-8,16,20H,9-11,18-19H2,(H,21,22). The Morgan fingerprint density at radius 1 is 1.00 bits per heavy atom. The molecule has 134 valence electrons. The van der Waals surface area contributed by atoms with E-state index in [1.807, 2.05) is 0 Å². The molecule has 2 rings (SSSR count). The summed E-state index contributed by atoms with van der Waals surface area (Å²) in [5, 5.41) is 8.80. The van der Waals surface area contributed by atoms with E-state index in [0.717, 1.165) is 16.7 Å². The Labute approximate surface area is 146 Å². The van der Waals surface area contributed by atoms with Crippen LogP contribution in [0, 0.1) is 0 Å². The molecule has 0 heterocycles. The van der Waals surface area contributed by atoms with Gasteiger partial charge in [0.05, 0.1) is 4.90 Å². The first-order chi connectivity index (χ1) is 11.8. The summed E-state index contributed by atoms with van der Waals surface area (Å²) in [4.78, 5) is 10.9. The zero-order valence-corrected chi connectivity index (χ0v) is 14.4. The predicted octanol–water partition coefficient (Wildman–Crippen LogP) is 0.578. The lowest BCUT2D eigenvalue weighted by Gasteiger charge is -2.09. The van der Waals surface area contributed by atoms with Gasteiger partial charge in [-0.15, -0.1) is 0 Å². The van der Waals surface area contributed by atoms with Gasteiger partial charge < -0.3 is 16.6 Å². The zero-order chi connectivity index (χ0) is 18.4. The first-order valence-electron chi connectivity index (χ1n) is 7.66. The molecule has 7 nitrogen and oxygen atoms in total. The quantitative estimate of drug-likeness (QED) is 0.542. The smallest absolute Gasteiger partial charge is 0.320 e. The number of nitrogens with two attached hydrogens (primary N) is 2. The Morgan fingerprint density at radius 2 is 1.52 bits per heavy atom. The van der Waals surface area contributed by atoms with Crippen LogP contribution in [-0.4, -0.2) is 25.5 Å². The summed E-state index contributed by atoms with van der Waals surface area (Å²) in [6, 6.07) is 12.4. The number of benzene rings is 2. The van der Waals surface area contributed by atoms with Crippen molar-refractivity contribution in [1.82, 2.24) is 4.72 Å². The van der Waals surface area contributed by atoms with Crippen LogP contribution in [0.4, 0.5) is 0 Å². The number of carboxylic acids is 1. The highest BCUT2D eigenvalue weighted by Crippen LogP contribution is 2.12. The fraction of sp³-hybridized carbons (Fsp3) is 0.235. The Morgan fingerprint density at radius 3 is 2.04 bits per heavy atom. The molecular formula is C17H21N3O4S. The largest absolute Gasteiger partial charge is 0.480 e. The van der Waals surface area contributed by atoms with Crippen molar-refractivity contribution in [3.8, 4) is 0 Å². The molecule has 1 unspecified atom stereocenters. The summed E-state index contributed by atoms with van der Waals surface area (Å²) in [6.07, 6.45) is 0.217. The first kappa shape index (κ1) is 19.1. The molecule has 6 N–H and O–H groups in total. The third-order valence-electron chi connectivity index (χ3n) is 3.73. The van der Waals surface area contributed by atoms with Gasteiger partial charge in [0.15, 0.2) is 0 Å². The summed E-state index contributed by atoms with van der Waals surface area (Å²) < 4.78 is 27.1. The number of hydrogen-bond donors (Lipinski definition) is 4. The van der Waals surface area contributed by atoms with Crippen LogP contribution in [0.15, 0.2) is 53.4 Å². The van der Waals surface area contributed by atoms with Crippen molar-refractivity contribution >= 4 is 16.0 Å². The van der Waals surface area contributed by atoms with Crippen molar-refractivity contribution in [1.29, 1.82) is 0 Å². The van der Waals surface area contributed by atoms with E-state index in [4.69, 9.17) is 16.6 Å². The minimum Gasteiger partial charge on any atom is -0.480 e. The molecule has 0 radical (unpaired) electrons. The van der Waals surface area contributed by atoms with E-state index in [1.54, 1.807) is 36.4 Å². The maximum absolute atomic E-state index is 12.3. The average molecular weight is 363 g/mol. The Balaban J connectivity index is 1.98. The monoisotopic (exact) mass is 363 g/mol. The van der Waals surface area contributed by atoms with E-state index in [0.29, 0.717) is 6.54 Å². The van der Waals surface area contributed by atoms with Gasteiger partial charge in [-0.25, -0.2) is 13.1 Å². The van der Waals surface area contributed by atoms with E-state index >= 15 is 0 Å². The van der Waals surface area contributed by atoms with Crippen molar-refractivity contribution in [3.63, 3.8) is 0 Å². The molecule has 1 atom stereocenters. The molecule has 0 spiro atoms. The molecule has 25 heavy (non-hydrogen) atoms. The number of hydrogen-bond acceptors (Lipinski definition) is 5. The van der Waals surface area contributed by atoms with Crippen LogP contribution in [-0.2, 0) is 34.3 Å². The molecule has 0 bridgehead atoms. The van der Waals surface area contributed by atoms with Crippen LogP contribution >= 0.6 is 0 Å². The summed E-state index contributed by atoms with van der Waals surface area (Å²) >= 11 is 0. The van der Waals surface area contributed by atoms with Crippen LogP contribution in [0.5, 0.6) is 0 Å². The van der Waals surface area contributed by atoms with Crippen LogP contribution in [0.25, 0.3) is 0 Å². The third kappa shape index (κ3) is 5.36. The van der Waals surface area contributed by atoms with Crippen molar-refractivity contribution in [3.05, 3.63) is 65.2 Å². The second kappa shape index (κ2) is 8.21. The topological polar surface area (TPSA) is 136 Å². The Hall–Kier alpha value is -2.26. The first-order valence-corrected chi connectivity index (χ1v) is 9.15. The average Bonchev–Trinajstić information content (AvgIpc) is 2.61. The molecule has 0 aromatic heterocycles. The number of sulfonamides is 1. The van der Waals surface area contributed by atoms with Gasteiger partial charge in [0.2, 0.25) is 10.0 Å². The molecule has 0 aliphatic heterocycles. The van der Waals surface area contributed by atoms with Crippen molar-refractivity contribution in [2.45, 2.75) is 30.4 Å². The number of carbonyl (C=O) groups is 1. The molecule has 0 amide bonds. The van der Waals surface area contributed by atoms with Crippen molar-refractivity contribution in [2.24, 2.45) is 11.5 Å². The van der Waals surface area contributed by atoms with E-state index in [1.165, 1.54) is 12.1 Å². The normalized spacial score (nSPS) is 12.7. The van der Waals surface area contributed by atoms with Gasteiger partial charge in [-0.1, -0.05) is 36.4 Å². The minimum absolute atomic E-state index is 0.131. The van der Waals surface area contributed by atoms with Gasteiger partial charge in [0.1, 0.15) is 6.04 Å². The summed E-state index contributed by atoms with van der Waals surface area (Å²) in [7, 11) is -3.61. The van der Waals surface area contributed by atoms with Crippen molar-refractivity contribution < 1.29 is 18.3 Å². The summed E-state index contributed by atoms with van der Waals surface area (Å²) in [6.45, 7) is 0.484. The molecule has 2 aromatic rings. The summed E-state index contributed by atoms with van der Waals surface area (Å²) in [5.74, 6) is -1.06. The van der Waals surface area contributed by atoms with Gasteiger partial charge in [0.25, 0.3) is 0 Å². The number of nitrogens with one attached hydrogen (secondary N) is 1. The van der Waals surface area contributed by atoms with Gasteiger partial charge >= 0.3 is 5.97 Å². The molecule has 0 saturated heterocycles. The molecule has 2 aromatic carbocycles. The van der Waals surface area contributed by atoms with Crippen LogP contribution in [0.1, 0.15) is 16.7 Å². The van der Waals surface area contributed by atoms with Gasteiger partial charge in [0, 0.05) is 13.1 Å². The predicted molar refractivity (Wildman–Crippen MR) is 94.1 cm³/mol. The maximum atomic E-state index is 12.3. The fourth-order valence-corrected chi connectivity index (χ4v) is 3.22. The van der Waals surface area contributed by atoms with E-state index < -0.39 is 22.0 Å². The van der Waals surface area contributed by atoms with Crippen LogP contribution in [0.3, 0.4) is 0 Å². The van der Waals surface area contributed by atoms with Gasteiger partial charge in [-0.2, -0.15) is 0 Å². The fourth-order valence-electron chi connectivity index (χ4n) is 2.20. The molecule has 0 aliphatic rings. The van der Waals surface area contributed by atoms with Gasteiger partial charge in [-0.05, 0) is 35.2 Å². The zero-order valence-electron chi connectivity index (χ0n) is 13.6. The molecule has 0 fully saturated rings. The molecule has 8 heteroatoms. The summed E-state index contributed by atoms with van der Waals surface area (Å²) in [5.41, 5.74) is 13.4. The lowest BCUT2D eigenvalue weighted by molar-refractivity contribution is -0.138. The SMILES string of the molecule is NCc1ccc(S(=O)(=O)NCc2ccc(CC(N)C(=O)O)cc2)cc1. The lowest BCUT2D eigenvalue weighted by atomic mass is 10.0. The van der Waals surface area contributed by atoms with Crippen molar-refractivity contribution in [2.75, 3.05) is 0 Å².